The standard InChI is InChI=1S/C22H20N4O3/c1-14-6-4-5-7-19(14)26-20-18(12-23-26)15(2)24-25(21(20)27)13-16-8-10-17(11-9-16)22(28)29-3/h4-12H,13H2,1-3H3. The molecule has 0 unspecified atom stereocenters. The molecule has 29 heavy (non-hydrogen) atoms. The smallest absolute Gasteiger partial charge is 0.337 e. The van der Waals surface area contributed by atoms with E-state index >= 15 is 0 Å². The molecule has 0 atom stereocenters. The molecule has 4 aromatic rings. The number of esters is 1. The quantitative estimate of drug-likeness (QED) is 0.502. The van der Waals surface area contributed by atoms with Crippen LogP contribution in [-0.4, -0.2) is 32.6 Å². The average molecular weight is 388 g/mol. The van der Waals surface area contributed by atoms with Crippen LogP contribution in [0.2, 0.25) is 0 Å². The maximum atomic E-state index is 13.2. The van der Waals surface area contributed by atoms with Gasteiger partial charge in [-0.1, -0.05) is 30.3 Å². The number of rotatable bonds is 4. The molecule has 0 radical (unpaired) electrons. The Kier molecular flexibility index (Phi) is 4.72. The van der Waals surface area contributed by atoms with Crippen molar-refractivity contribution in [2.45, 2.75) is 20.4 Å². The van der Waals surface area contributed by atoms with E-state index in [1.807, 2.05) is 38.1 Å². The molecule has 2 aromatic carbocycles. The number of aryl methyl sites for hydroxylation is 2. The monoisotopic (exact) mass is 388 g/mol. The van der Waals surface area contributed by atoms with Crippen LogP contribution in [0.4, 0.5) is 0 Å². The molecule has 7 nitrogen and oxygen atoms in total. The number of nitrogens with zero attached hydrogens (tertiary/aromatic N) is 4. The first-order valence-electron chi connectivity index (χ1n) is 9.18. The zero-order chi connectivity index (χ0) is 20.5. The van der Waals surface area contributed by atoms with Gasteiger partial charge in [-0.15, -0.1) is 0 Å². The number of carbonyl (C=O) groups excluding carboxylic acids is 1. The van der Waals surface area contributed by atoms with Crippen LogP contribution < -0.4 is 5.56 Å². The van der Waals surface area contributed by atoms with Gasteiger partial charge in [-0.2, -0.15) is 10.2 Å². The van der Waals surface area contributed by atoms with Gasteiger partial charge >= 0.3 is 5.97 Å². The van der Waals surface area contributed by atoms with Crippen molar-refractivity contribution >= 4 is 16.9 Å². The second-order valence-corrected chi connectivity index (χ2v) is 6.84. The summed E-state index contributed by atoms with van der Waals surface area (Å²) in [5, 5.41) is 9.64. The highest BCUT2D eigenvalue weighted by Gasteiger charge is 2.16. The van der Waals surface area contributed by atoms with Crippen molar-refractivity contribution in [2.24, 2.45) is 0 Å². The lowest BCUT2D eigenvalue weighted by Gasteiger charge is -2.10. The second-order valence-electron chi connectivity index (χ2n) is 6.84. The van der Waals surface area contributed by atoms with Crippen LogP contribution >= 0.6 is 0 Å². The third kappa shape index (κ3) is 3.31. The Morgan fingerprint density at radius 3 is 2.48 bits per heavy atom. The summed E-state index contributed by atoms with van der Waals surface area (Å²) in [4.78, 5) is 24.8. The SMILES string of the molecule is COC(=O)c1ccc(Cn2nc(C)c3cnn(-c4ccccc4C)c3c2=O)cc1. The van der Waals surface area contributed by atoms with Crippen molar-refractivity contribution in [3.05, 3.63) is 87.5 Å². The number of hydrogen-bond donors (Lipinski definition) is 0. The zero-order valence-corrected chi connectivity index (χ0v) is 16.4. The number of carbonyl (C=O) groups is 1. The van der Waals surface area contributed by atoms with E-state index in [4.69, 9.17) is 4.74 Å². The van der Waals surface area contributed by atoms with Gasteiger partial charge in [0.05, 0.1) is 36.8 Å². The minimum absolute atomic E-state index is 0.219. The summed E-state index contributed by atoms with van der Waals surface area (Å²) in [5.74, 6) is -0.397. The number of benzene rings is 2. The largest absolute Gasteiger partial charge is 0.465 e. The van der Waals surface area contributed by atoms with Gasteiger partial charge in [-0.3, -0.25) is 4.79 Å². The first-order chi connectivity index (χ1) is 14.0. The Bertz CT molecular complexity index is 1270. The fourth-order valence-corrected chi connectivity index (χ4v) is 3.35. The minimum atomic E-state index is -0.397. The highest BCUT2D eigenvalue weighted by molar-refractivity contribution is 5.89. The first-order valence-corrected chi connectivity index (χ1v) is 9.18. The molecule has 0 aliphatic heterocycles. The molecule has 4 rings (SSSR count). The Labute approximate surface area is 167 Å². The molecule has 2 aromatic heterocycles. The molecule has 0 N–H and O–H groups in total. The number of fused-ring (bicyclic) bond motifs is 1. The molecule has 0 saturated carbocycles. The van der Waals surface area contributed by atoms with Crippen LogP contribution in [0, 0.1) is 13.8 Å². The van der Waals surface area contributed by atoms with E-state index in [2.05, 4.69) is 10.2 Å². The molecule has 0 aliphatic rings. The van der Waals surface area contributed by atoms with E-state index in [0.29, 0.717) is 11.1 Å². The van der Waals surface area contributed by atoms with E-state index in [9.17, 15) is 9.59 Å². The van der Waals surface area contributed by atoms with Crippen molar-refractivity contribution in [2.75, 3.05) is 7.11 Å². The molecule has 0 bridgehead atoms. The fraction of sp³-hybridized carbons (Fsp3) is 0.182. The van der Waals surface area contributed by atoms with Gasteiger partial charge in [0.15, 0.2) is 0 Å². The lowest BCUT2D eigenvalue weighted by Crippen LogP contribution is -2.26. The molecule has 0 saturated heterocycles. The maximum absolute atomic E-state index is 13.2. The van der Waals surface area contributed by atoms with Crippen LogP contribution in [0.1, 0.15) is 27.2 Å². The van der Waals surface area contributed by atoms with E-state index in [1.165, 1.54) is 11.8 Å². The topological polar surface area (TPSA) is 79.0 Å². The molecular weight excluding hydrogens is 368 g/mol. The summed E-state index contributed by atoms with van der Waals surface area (Å²) >= 11 is 0. The van der Waals surface area contributed by atoms with Crippen molar-refractivity contribution in [3.63, 3.8) is 0 Å². The van der Waals surface area contributed by atoms with E-state index in [1.54, 1.807) is 35.1 Å². The summed E-state index contributed by atoms with van der Waals surface area (Å²) < 4.78 is 7.83. The maximum Gasteiger partial charge on any atom is 0.337 e. The normalized spacial score (nSPS) is 11.0. The number of methoxy groups -OCH3 is 1. The molecule has 0 spiro atoms. The molecule has 7 heteroatoms. The van der Waals surface area contributed by atoms with E-state index in [0.717, 1.165) is 27.9 Å². The first kappa shape index (κ1) is 18.6. The third-order valence-corrected chi connectivity index (χ3v) is 4.92. The summed E-state index contributed by atoms with van der Waals surface area (Å²) in [6, 6.07) is 14.7. The van der Waals surface area contributed by atoms with Gasteiger partial charge < -0.3 is 4.74 Å². The highest BCUT2D eigenvalue weighted by atomic mass is 16.5. The molecule has 0 aliphatic carbocycles. The fourth-order valence-electron chi connectivity index (χ4n) is 3.35. The Morgan fingerprint density at radius 1 is 1.07 bits per heavy atom. The lowest BCUT2D eigenvalue weighted by atomic mass is 10.1. The van der Waals surface area contributed by atoms with Gasteiger partial charge in [0.25, 0.3) is 5.56 Å². The number of hydrogen-bond acceptors (Lipinski definition) is 5. The highest BCUT2D eigenvalue weighted by Crippen LogP contribution is 2.19. The van der Waals surface area contributed by atoms with Crippen LogP contribution in [-0.2, 0) is 11.3 Å². The van der Waals surface area contributed by atoms with E-state index in [-0.39, 0.29) is 12.1 Å². The van der Waals surface area contributed by atoms with Crippen molar-refractivity contribution in [1.82, 2.24) is 19.6 Å². The predicted molar refractivity (Wildman–Crippen MR) is 109 cm³/mol. The van der Waals surface area contributed by atoms with Gasteiger partial charge in [-0.05, 0) is 43.2 Å². The third-order valence-electron chi connectivity index (χ3n) is 4.92. The van der Waals surface area contributed by atoms with Crippen molar-refractivity contribution in [3.8, 4) is 5.69 Å². The van der Waals surface area contributed by atoms with Crippen LogP contribution in [0.3, 0.4) is 0 Å². The minimum Gasteiger partial charge on any atom is -0.465 e. The van der Waals surface area contributed by atoms with Crippen LogP contribution in [0.5, 0.6) is 0 Å². The summed E-state index contributed by atoms with van der Waals surface area (Å²) in [5.41, 5.74) is 4.20. The van der Waals surface area contributed by atoms with Crippen LogP contribution in [0.15, 0.2) is 59.5 Å². The van der Waals surface area contributed by atoms with Gasteiger partial charge in [-0.25, -0.2) is 14.2 Å². The van der Waals surface area contributed by atoms with E-state index < -0.39 is 5.97 Å². The van der Waals surface area contributed by atoms with Crippen molar-refractivity contribution < 1.29 is 9.53 Å². The van der Waals surface area contributed by atoms with Gasteiger partial charge in [0.1, 0.15) is 5.52 Å². The van der Waals surface area contributed by atoms with Gasteiger partial charge in [0.2, 0.25) is 0 Å². The lowest BCUT2D eigenvalue weighted by molar-refractivity contribution is 0.0600. The Hall–Kier alpha value is -3.74. The summed E-state index contributed by atoms with van der Waals surface area (Å²) in [6.07, 6.45) is 1.68. The average Bonchev–Trinajstić information content (AvgIpc) is 3.18. The van der Waals surface area contributed by atoms with Crippen LogP contribution in [0.25, 0.3) is 16.6 Å². The molecular formula is C22H20N4O3. The molecule has 0 amide bonds. The Morgan fingerprint density at radius 2 is 1.79 bits per heavy atom. The predicted octanol–water partition coefficient (Wildman–Crippen LogP) is 3.03. The summed E-state index contributed by atoms with van der Waals surface area (Å²) in [6.45, 7) is 4.14. The molecule has 2 heterocycles. The number of ether oxygens (including phenoxy) is 1. The Balaban J connectivity index is 1.79. The summed E-state index contributed by atoms with van der Waals surface area (Å²) in [7, 11) is 1.34. The number of aromatic nitrogens is 4. The van der Waals surface area contributed by atoms with Crippen molar-refractivity contribution in [1.29, 1.82) is 0 Å². The molecule has 146 valence electrons. The van der Waals surface area contributed by atoms with Gasteiger partial charge in [0, 0.05) is 5.39 Å². The molecule has 0 fully saturated rings. The zero-order valence-electron chi connectivity index (χ0n) is 16.4. The second kappa shape index (κ2) is 7.35. The number of para-hydroxylation sites is 1.